The number of carbonyl (C=O) groups is 1. The van der Waals surface area contributed by atoms with E-state index in [1.54, 1.807) is 0 Å². The number of hydrogen-bond donors (Lipinski definition) is 0. The zero-order chi connectivity index (χ0) is 14.6. The molecule has 0 amide bonds. The molecule has 0 bridgehead atoms. The van der Waals surface area contributed by atoms with Crippen molar-refractivity contribution in [2.75, 3.05) is 7.11 Å². The normalized spacial score (nSPS) is 10.9. The van der Waals surface area contributed by atoms with Crippen LogP contribution >= 0.6 is 0 Å². The Hall–Kier alpha value is -2.32. The predicted molar refractivity (Wildman–Crippen MR) is 55.5 cm³/mol. The van der Waals surface area contributed by atoms with Crippen LogP contribution in [0.3, 0.4) is 0 Å². The van der Waals surface area contributed by atoms with Crippen LogP contribution in [0.4, 0.5) is 18.9 Å². The third kappa shape index (κ3) is 4.12. The minimum Gasteiger partial charge on any atom is -0.469 e. The van der Waals surface area contributed by atoms with E-state index < -0.39 is 35.1 Å². The molecule has 0 aromatic heterocycles. The number of carbonyl (C=O) groups excluding carboxylic acids is 1. The van der Waals surface area contributed by atoms with Crippen LogP contribution in [0.2, 0.25) is 0 Å². The maximum atomic E-state index is 12.1. The van der Waals surface area contributed by atoms with Gasteiger partial charge in [-0.05, 0) is 6.07 Å². The van der Waals surface area contributed by atoms with Crippen LogP contribution in [0, 0.1) is 10.1 Å². The number of hydrogen-bond acceptors (Lipinski definition) is 5. The monoisotopic (exact) mass is 279 g/mol. The lowest BCUT2D eigenvalue weighted by atomic mass is 10.1. The molecule has 0 fully saturated rings. The van der Waals surface area contributed by atoms with Gasteiger partial charge in [-0.1, -0.05) is 12.1 Å². The Balaban J connectivity index is 3.22. The maximum absolute atomic E-state index is 12.1. The van der Waals surface area contributed by atoms with Crippen molar-refractivity contribution < 1.29 is 32.4 Å². The molecule has 1 aromatic carbocycles. The van der Waals surface area contributed by atoms with E-state index in [0.29, 0.717) is 0 Å². The van der Waals surface area contributed by atoms with Gasteiger partial charge in [-0.3, -0.25) is 14.9 Å². The zero-order valence-corrected chi connectivity index (χ0v) is 9.56. The highest BCUT2D eigenvalue weighted by Crippen LogP contribution is 2.34. The van der Waals surface area contributed by atoms with Gasteiger partial charge in [0.05, 0.1) is 18.5 Å². The van der Waals surface area contributed by atoms with Gasteiger partial charge in [-0.2, -0.15) is 0 Å². The average molecular weight is 279 g/mol. The van der Waals surface area contributed by atoms with Gasteiger partial charge in [0.2, 0.25) is 5.75 Å². The van der Waals surface area contributed by atoms with Crippen molar-refractivity contribution in [3.8, 4) is 5.75 Å². The van der Waals surface area contributed by atoms with Crippen molar-refractivity contribution in [2.24, 2.45) is 0 Å². The van der Waals surface area contributed by atoms with Crippen LogP contribution in [0.25, 0.3) is 0 Å². The summed E-state index contributed by atoms with van der Waals surface area (Å²) in [7, 11) is 1.06. The number of methoxy groups -OCH3 is 1. The van der Waals surface area contributed by atoms with Crippen LogP contribution in [0.5, 0.6) is 5.75 Å². The van der Waals surface area contributed by atoms with E-state index >= 15 is 0 Å². The Morgan fingerprint density at radius 3 is 2.53 bits per heavy atom. The number of ether oxygens (including phenoxy) is 2. The number of halogens is 3. The van der Waals surface area contributed by atoms with Gasteiger partial charge in [0.15, 0.2) is 0 Å². The minimum absolute atomic E-state index is 0.224. The summed E-state index contributed by atoms with van der Waals surface area (Å²) in [6.45, 7) is 0. The third-order valence-electron chi connectivity index (χ3n) is 2.05. The van der Waals surface area contributed by atoms with Gasteiger partial charge in [0.25, 0.3) is 0 Å². The van der Waals surface area contributed by atoms with Gasteiger partial charge in [-0.25, -0.2) is 0 Å². The van der Waals surface area contributed by atoms with E-state index in [2.05, 4.69) is 9.47 Å². The molecule has 0 N–H and O–H groups in total. The Morgan fingerprint density at radius 2 is 2.05 bits per heavy atom. The maximum Gasteiger partial charge on any atom is 0.573 e. The molecular formula is C10H8F3NO5. The summed E-state index contributed by atoms with van der Waals surface area (Å²) in [6.07, 6.45) is -5.59. The lowest BCUT2D eigenvalue weighted by Gasteiger charge is -2.10. The summed E-state index contributed by atoms with van der Waals surface area (Å²) in [6, 6.07) is 3.07. The highest BCUT2D eigenvalue weighted by Gasteiger charge is 2.35. The summed E-state index contributed by atoms with van der Waals surface area (Å²) in [5.74, 6) is -1.79. The quantitative estimate of drug-likeness (QED) is 0.479. The second-order valence-corrected chi connectivity index (χ2v) is 3.32. The number of alkyl halides is 3. The van der Waals surface area contributed by atoms with Crippen molar-refractivity contribution in [3.05, 3.63) is 33.9 Å². The molecule has 0 saturated carbocycles. The number of nitrogens with zero attached hydrogens (tertiary/aromatic N) is 1. The zero-order valence-electron chi connectivity index (χ0n) is 9.56. The Bertz CT molecular complexity index is 500. The van der Waals surface area contributed by atoms with Crippen LogP contribution in [-0.4, -0.2) is 24.4 Å². The molecule has 0 aliphatic heterocycles. The molecule has 6 nitrogen and oxygen atoms in total. The highest BCUT2D eigenvalue weighted by atomic mass is 19.4. The first-order chi connectivity index (χ1) is 8.74. The molecule has 0 heterocycles. The first-order valence-corrected chi connectivity index (χ1v) is 4.83. The van der Waals surface area contributed by atoms with Gasteiger partial charge in [0.1, 0.15) is 0 Å². The fourth-order valence-corrected chi connectivity index (χ4v) is 1.35. The molecule has 0 radical (unpaired) electrons. The van der Waals surface area contributed by atoms with Gasteiger partial charge >= 0.3 is 18.0 Å². The Morgan fingerprint density at radius 1 is 1.42 bits per heavy atom. The molecule has 0 saturated heterocycles. The summed E-state index contributed by atoms with van der Waals surface area (Å²) in [4.78, 5) is 20.8. The number of esters is 1. The topological polar surface area (TPSA) is 78.7 Å². The fourth-order valence-electron chi connectivity index (χ4n) is 1.35. The van der Waals surface area contributed by atoms with Crippen molar-refractivity contribution in [2.45, 2.75) is 12.8 Å². The average Bonchev–Trinajstić information content (AvgIpc) is 2.26. The van der Waals surface area contributed by atoms with Crippen LogP contribution in [-0.2, 0) is 16.0 Å². The molecule has 0 spiro atoms. The van der Waals surface area contributed by atoms with E-state index in [0.717, 1.165) is 25.3 Å². The molecule has 0 unspecified atom stereocenters. The molecule has 0 aliphatic rings. The number of para-hydroxylation sites is 1. The minimum atomic E-state index is -5.06. The highest BCUT2D eigenvalue weighted by molar-refractivity contribution is 5.75. The van der Waals surface area contributed by atoms with Crippen molar-refractivity contribution in [1.29, 1.82) is 0 Å². The first-order valence-electron chi connectivity index (χ1n) is 4.83. The van der Waals surface area contributed by atoms with Crippen LogP contribution < -0.4 is 4.74 Å². The summed E-state index contributed by atoms with van der Waals surface area (Å²) >= 11 is 0. The Labute approximate surface area is 104 Å². The van der Waals surface area contributed by atoms with Gasteiger partial charge in [-0.15, -0.1) is 13.2 Å². The number of benzene rings is 1. The molecule has 19 heavy (non-hydrogen) atoms. The largest absolute Gasteiger partial charge is 0.573 e. The second kappa shape index (κ2) is 5.55. The molecule has 0 atom stereocenters. The number of nitro groups is 1. The van der Waals surface area contributed by atoms with Crippen molar-refractivity contribution in [1.82, 2.24) is 0 Å². The van der Waals surface area contributed by atoms with Crippen LogP contribution in [0.15, 0.2) is 18.2 Å². The lowest BCUT2D eigenvalue weighted by molar-refractivity contribution is -0.389. The summed E-state index contributed by atoms with van der Waals surface area (Å²) < 4.78 is 44.2. The smallest absolute Gasteiger partial charge is 0.469 e. The molecule has 1 aromatic rings. The fraction of sp³-hybridized carbons (Fsp3) is 0.300. The molecule has 1 rings (SSSR count). The number of nitro benzene ring substituents is 1. The third-order valence-corrected chi connectivity index (χ3v) is 2.05. The van der Waals surface area contributed by atoms with E-state index in [4.69, 9.17) is 0 Å². The second-order valence-electron chi connectivity index (χ2n) is 3.32. The molecule has 0 aliphatic carbocycles. The van der Waals surface area contributed by atoms with E-state index in [-0.39, 0.29) is 5.56 Å². The standard InChI is InChI=1S/C10H8F3NO5/c1-18-8(15)5-6-3-2-4-7(9(6)14(16)17)19-10(11,12)13/h2-4H,5H2,1H3. The van der Waals surface area contributed by atoms with Gasteiger partial charge in [0, 0.05) is 5.56 Å². The summed E-state index contributed by atoms with van der Waals surface area (Å²) in [5, 5.41) is 10.8. The Kier molecular flexibility index (Phi) is 4.30. The number of rotatable bonds is 4. The predicted octanol–water partition coefficient (Wildman–Crippen LogP) is 2.21. The SMILES string of the molecule is COC(=O)Cc1cccc(OC(F)(F)F)c1[N+](=O)[O-]. The van der Waals surface area contributed by atoms with Crippen LogP contribution in [0.1, 0.15) is 5.56 Å². The van der Waals surface area contributed by atoms with Crippen molar-refractivity contribution >= 4 is 11.7 Å². The van der Waals surface area contributed by atoms with E-state index in [1.165, 1.54) is 0 Å². The molecule has 104 valence electrons. The summed E-state index contributed by atoms with van der Waals surface area (Å²) in [5.41, 5.74) is -1.14. The van der Waals surface area contributed by atoms with Gasteiger partial charge < -0.3 is 9.47 Å². The molecular weight excluding hydrogens is 271 g/mol. The van der Waals surface area contributed by atoms with E-state index in [9.17, 15) is 28.1 Å². The molecule has 9 heteroatoms. The van der Waals surface area contributed by atoms with E-state index in [1.807, 2.05) is 0 Å². The van der Waals surface area contributed by atoms with Crippen molar-refractivity contribution in [3.63, 3.8) is 0 Å². The first kappa shape index (κ1) is 14.7. The lowest BCUT2D eigenvalue weighted by Crippen LogP contribution is -2.18.